The van der Waals surface area contributed by atoms with Crippen LogP contribution in [0, 0.1) is 0 Å². The third-order valence-corrected chi connectivity index (χ3v) is 3.19. The molecule has 0 bridgehead atoms. The van der Waals surface area contributed by atoms with E-state index in [2.05, 4.69) is 10.3 Å². The molecule has 1 aliphatic rings. The monoisotopic (exact) mass is 235 g/mol. The number of carbonyl (C=O) groups is 1. The van der Waals surface area contributed by atoms with Crippen LogP contribution in [0.25, 0.3) is 0 Å². The lowest BCUT2D eigenvalue weighted by atomic mass is 9.87. The van der Waals surface area contributed by atoms with Gasteiger partial charge in [0, 0.05) is 25.8 Å². The minimum Gasteiger partial charge on any atom is -0.381 e. The molecule has 0 aromatic carbocycles. The molecule has 0 aliphatic carbocycles. The van der Waals surface area contributed by atoms with E-state index >= 15 is 0 Å². The van der Waals surface area contributed by atoms with Crippen LogP contribution in [0.3, 0.4) is 0 Å². The topological polar surface area (TPSA) is 77.2 Å². The van der Waals surface area contributed by atoms with E-state index in [0.29, 0.717) is 5.69 Å². The fraction of sp³-hybridized carbons (Fsp3) is 0.500. The summed E-state index contributed by atoms with van der Waals surface area (Å²) in [6.45, 7) is 1.71. The van der Waals surface area contributed by atoms with Crippen LogP contribution < -0.4 is 11.1 Å². The second kappa shape index (κ2) is 5.25. The smallest absolute Gasteiger partial charge is 0.267 e. The average molecular weight is 235 g/mol. The van der Waals surface area contributed by atoms with E-state index in [1.54, 1.807) is 13.3 Å². The van der Waals surface area contributed by atoms with Crippen molar-refractivity contribution >= 4 is 5.91 Å². The Morgan fingerprint density at radius 2 is 2.47 bits per heavy atom. The number of carbonyl (C=O) groups excluding carboxylic acids is 1. The third kappa shape index (κ3) is 2.45. The van der Waals surface area contributed by atoms with Gasteiger partial charge in [-0.25, -0.2) is 0 Å². The van der Waals surface area contributed by atoms with E-state index in [4.69, 9.17) is 10.5 Å². The van der Waals surface area contributed by atoms with E-state index in [1.807, 2.05) is 12.1 Å². The number of amides is 1. The lowest BCUT2D eigenvalue weighted by Gasteiger charge is -2.31. The summed E-state index contributed by atoms with van der Waals surface area (Å²) in [6, 6.07) is 3.72. The Labute approximate surface area is 100 Å². The van der Waals surface area contributed by atoms with Crippen LogP contribution in [-0.4, -0.2) is 37.2 Å². The lowest BCUT2D eigenvalue weighted by Crippen LogP contribution is -2.40. The molecule has 0 unspecified atom stereocenters. The maximum atomic E-state index is 11.4. The highest BCUT2D eigenvalue weighted by molar-refractivity contribution is 5.92. The Morgan fingerprint density at radius 1 is 1.65 bits per heavy atom. The van der Waals surface area contributed by atoms with Gasteiger partial charge in [0.25, 0.3) is 5.91 Å². The molecule has 2 rings (SSSR count). The largest absolute Gasteiger partial charge is 0.381 e. The van der Waals surface area contributed by atoms with Crippen molar-refractivity contribution in [2.24, 2.45) is 5.73 Å². The number of ether oxygens (including phenoxy) is 1. The molecule has 2 heterocycles. The molecular weight excluding hydrogens is 218 g/mol. The second-order valence-corrected chi connectivity index (χ2v) is 4.18. The highest BCUT2D eigenvalue weighted by Crippen LogP contribution is 2.27. The van der Waals surface area contributed by atoms with Gasteiger partial charge in [0.05, 0.1) is 6.10 Å². The Kier molecular flexibility index (Phi) is 3.71. The maximum Gasteiger partial charge on any atom is 0.267 e. The van der Waals surface area contributed by atoms with Gasteiger partial charge in [-0.15, -0.1) is 0 Å². The fourth-order valence-corrected chi connectivity index (χ4v) is 2.35. The number of primary amides is 1. The molecule has 92 valence electrons. The minimum atomic E-state index is -0.485. The molecule has 17 heavy (non-hydrogen) atoms. The summed E-state index contributed by atoms with van der Waals surface area (Å²) in [5.74, 6) is -0.356. The van der Waals surface area contributed by atoms with Gasteiger partial charge >= 0.3 is 0 Å². The van der Waals surface area contributed by atoms with Crippen LogP contribution in [0.4, 0.5) is 0 Å². The summed E-state index contributed by atoms with van der Waals surface area (Å²) < 4.78 is 5.47. The van der Waals surface area contributed by atoms with Crippen LogP contribution in [0.15, 0.2) is 18.3 Å². The molecule has 1 aliphatic heterocycles. The van der Waals surface area contributed by atoms with Crippen LogP contribution in [0.1, 0.15) is 28.4 Å². The highest BCUT2D eigenvalue weighted by atomic mass is 16.5. The third-order valence-electron chi connectivity index (χ3n) is 3.19. The molecule has 5 nitrogen and oxygen atoms in total. The Morgan fingerprint density at radius 3 is 3.18 bits per heavy atom. The van der Waals surface area contributed by atoms with Crippen molar-refractivity contribution in [2.75, 3.05) is 20.2 Å². The summed E-state index contributed by atoms with van der Waals surface area (Å²) >= 11 is 0. The number of methoxy groups -OCH3 is 1. The Bertz CT molecular complexity index is 408. The number of nitrogens with zero attached hydrogens (tertiary/aromatic N) is 1. The summed E-state index contributed by atoms with van der Waals surface area (Å²) in [5.41, 5.74) is 6.57. The molecule has 1 saturated heterocycles. The fourth-order valence-electron chi connectivity index (χ4n) is 2.35. The lowest BCUT2D eigenvalue weighted by molar-refractivity contribution is 0.0580. The van der Waals surface area contributed by atoms with Gasteiger partial charge in [-0.3, -0.25) is 9.78 Å². The predicted octanol–water partition coefficient (Wildman–Crippen LogP) is 0.272. The number of aromatic nitrogens is 1. The first-order chi connectivity index (χ1) is 8.24. The summed E-state index contributed by atoms with van der Waals surface area (Å²) in [7, 11) is 1.70. The average Bonchev–Trinajstić information content (AvgIpc) is 2.38. The van der Waals surface area contributed by atoms with E-state index in [1.165, 1.54) is 0 Å². The molecule has 0 radical (unpaired) electrons. The van der Waals surface area contributed by atoms with E-state index in [0.717, 1.165) is 25.1 Å². The molecule has 3 N–H and O–H groups in total. The quantitative estimate of drug-likeness (QED) is 0.788. The zero-order chi connectivity index (χ0) is 12.3. The highest BCUT2D eigenvalue weighted by Gasteiger charge is 2.29. The Balaban J connectivity index is 2.34. The number of nitrogens with one attached hydrogen (secondary N) is 1. The minimum absolute atomic E-state index is 0.110. The zero-order valence-corrected chi connectivity index (χ0v) is 9.85. The Hall–Kier alpha value is -1.46. The molecule has 1 aromatic rings. The van der Waals surface area contributed by atoms with Crippen molar-refractivity contribution in [3.63, 3.8) is 0 Å². The van der Waals surface area contributed by atoms with Gasteiger partial charge in [-0.2, -0.15) is 0 Å². The van der Waals surface area contributed by atoms with Crippen molar-refractivity contribution in [2.45, 2.75) is 18.4 Å². The van der Waals surface area contributed by atoms with E-state index in [9.17, 15) is 4.79 Å². The SMILES string of the molecule is CO[C@@H]1CCNC[C@@H]1c1cccnc1C(N)=O. The van der Waals surface area contributed by atoms with Gasteiger partial charge in [0.2, 0.25) is 0 Å². The maximum absolute atomic E-state index is 11.4. The van der Waals surface area contributed by atoms with Crippen molar-refractivity contribution in [1.82, 2.24) is 10.3 Å². The van der Waals surface area contributed by atoms with Crippen LogP contribution >= 0.6 is 0 Å². The number of hydrogen-bond donors (Lipinski definition) is 2. The van der Waals surface area contributed by atoms with Crippen molar-refractivity contribution in [1.29, 1.82) is 0 Å². The van der Waals surface area contributed by atoms with Gasteiger partial charge in [0.1, 0.15) is 5.69 Å². The van der Waals surface area contributed by atoms with E-state index in [-0.39, 0.29) is 12.0 Å². The summed E-state index contributed by atoms with van der Waals surface area (Å²) in [5, 5.41) is 3.30. The number of pyridine rings is 1. The number of hydrogen-bond acceptors (Lipinski definition) is 4. The first-order valence-electron chi connectivity index (χ1n) is 5.72. The van der Waals surface area contributed by atoms with Gasteiger partial charge in [0.15, 0.2) is 0 Å². The molecule has 2 atom stereocenters. The van der Waals surface area contributed by atoms with Crippen molar-refractivity contribution in [3.05, 3.63) is 29.6 Å². The van der Waals surface area contributed by atoms with Crippen LogP contribution in [-0.2, 0) is 4.74 Å². The van der Waals surface area contributed by atoms with Crippen LogP contribution in [0.5, 0.6) is 0 Å². The van der Waals surface area contributed by atoms with Gasteiger partial charge in [-0.1, -0.05) is 6.07 Å². The van der Waals surface area contributed by atoms with Crippen molar-refractivity contribution in [3.8, 4) is 0 Å². The predicted molar refractivity (Wildman–Crippen MR) is 63.8 cm³/mol. The first-order valence-corrected chi connectivity index (χ1v) is 5.72. The molecule has 5 heteroatoms. The molecule has 0 saturated carbocycles. The standard InChI is InChI=1S/C12H17N3O2/c1-17-10-4-6-14-7-9(10)8-3-2-5-15-11(8)12(13)16/h2-3,5,9-10,14H,4,6-7H2,1H3,(H2,13,16)/t9-,10-/m1/s1. The summed E-state index contributed by atoms with van der Waals surface area (Å²) in [4.78, 5) is 15.4. The first kappa shape index (κ1) is 12.0. The number of nitrogens with two attached hydrogens (primary N) is 1. The van der Waals surface area contributed by atoms with Crippen molar-refractivity contribution < 1.29 is 9.53 Å². The van der Waals surface area contributed by atoms with E-state index < -0.39 is 5.91 Å². The number of rotatable bonds is 3. The molecule has 1 aromatic heterocycles. The summed E-state index contributed by atoms with van der Waals surface area (Å²) in [6.07, 6.45) is 2.62. The molecular formula is C12H17N3O2. The van der Waals surface area contributed by atoms with Crippen LogP contribution in [0.2, 0.25) is 0 Å². The molecule has 0 spiro atoms. The zero-order valence-electron chi connectivity index (χ0n) is 9.85. The second-order valence-electron chi connectivity index (χ2n) is 4.18. The normalized spacial score (nSPS) is 24.5. The molecule has 1 fully saturated rings. The molecule has 1 amide bonds. The van der Waals surface area contributed by atoms with Gasteiger partial charge < -0.3 is 15.8 Å². The van der Waals surface area contributed by atoms with Gasteiger partial charge in [-0.05, 0) is 24.6 Å². The number of piperidine rings is 1.